The predicted molar refractivity (Wildman–Crippen MR) is 81.1 cm³/mol. The van der Waals surface area contributed by atoms with Crippen molar-refractivity contribution in [2.45, 2.75) is 18.2 Å². The first-order valence-electron chi connectivity index (χ1n) is 6.41. The molecule has 0 aromatic carbocycles. The summed E-state index contributed by atoms with van der Waals surface area (Å²) >= 11 is 0. The summed E-state index contributed by atoms with van der Waals surface area (Å²) in [5.41, 5.74) is 0. The fraction of sp³-hybridized carbons (Fsp3) is 0.545. The summed E-state index contributed by atoms with van der Waals surface area (Å²) in [4.78, 5) is 3.99. The zero-order valence-electron chi connectivity index (χ0n) is 12.0. The van der Waals surface area contributed by atoms with Crippen LogP contribution in [-0.4, -0.2) is 47.7 Å². The summed E-state index contributed by atoms with van der Waals surface area (Å²) in [6, 6.07) is 2.98. The van der Waals surface area contributed by atoms with Crippen molar-refractivity contribution in [3.8, 4) is 0 Å². The first-order chi connectivity index (χ1) is 9.80. The fourth-order valence-corrected chi connectivity index (χ4v) is 3.07. The van der Waals surface area contributed by atoms with E-state index in [1.54, 1.807) is 6.07 Å². The van der Waals surface area contributed by atoms with Crippen molar-refractivity contribution in [1.82, 2.24) is 14.4 Å². The molecule has 0 fully saturated rings. The summed E-state index contributed by atoms with van der Waals surface area (Å²) in [5.74, 6) is 0.264. The lowest BCUT2D eigenvalue weighted by molar-refractivity contribution is 0.578. The third kappa shape index (κ3) is 5.96. The molecule has 10 heteroatoms. The van der Waals surface area contributed by atoms with Gasteiger partial charge >= 0.3 is 0 Å². The van der Waals surface area contributed by atoms with E-state index in [0.717, 1.165) is 13.0 Å². The minimum absolute atomic E-state index is 0.00796. The molecule has 0 saturated carbocycles. The van der Waals surface area contributed by atoms with E-state index in [-0.39, 0.29) is 17.2 Å². The van der Waals surface area contributed by atoms with Gasteiger partial charge in [0, 0.05) is 19.3 Å². The molecule has 1 aromatic heterocycles. The Morgan fingerprint density at radius 1 is 1.14 bits per heavy atom. The SMILES string of the molecule is CCCNc1ccc(S(=O)(=O)NCCS(=O)(=O)NC)cn1. The third-order valence-corrected chi connectivity index (χ3v) is 5.39. The molecule has 3 N–H and O–H groups in total. The van der Waals surface area contributed by atoms with E-state index in [4.69, 9.17) is 0 Å². The molecule has 0 aliphatic carbocycles. The molecule has 0 radical (unpaired) electrons. The average molecular weight is 336 g/mol. The quantitative estimate of drug-likeness (QED) is 0.571. The maximum Gasteiger partial charge on any atom is 0.242 e. The van der Waals surface area contributed by atoms with E-state index in [1.165, 1.54) is 19.3 Å². The van der Waals surface area contributed by atoms with Crippen LogP contribution in [0.4, 0.5) is 5.82 Å². The van der Waals surface area contributed by atoms with Crippen LogP contribution >= 0.6 is 0 Å². The van der Waals surface area contributed by atoms with Gasteiger partial charge in [-0.2, -0.15) is 0 Å². The predicted octanol–water partition coefficient (Wildman–Crippen LogP) is -0.269. The van der Waals surface area contributed by atoms with Crippen LogP contribution in [0.25, 0.3) is 0 Å². The van der Waals surface area contributed by atoms with Crippen LogP contribution in [-0.2, 0) is 20.0 Å². The first kappa shape index (κ1) is 17.8. The highest BCUT2D eigenvalue weighted by Gasteiger charge is 2.16. The van der Waals surface area contributed by atoms with E-state index < -0.39 is 20.0 Å². The van der Waals surface area contributed by atoms with Crippen LogP contribution < -0.4 is 14.8 Å². The fourth-order valence-electron chi connectivity index (χ4n) is 1.39. The maximum absolute atomic E-state index is 11.9. The zero-order chi connectivity index (χ0) is 15.9. The number of nitrogens with zero attached hydrogens (tertiary/aromatic N) is 1. The second-order valence-electron chi connectivity index (χ2n) is 4.23. The topological polar surface area (TPSA) is 117 Å². The molecule has 0 unspecified atom stereocenters. The molecule has 21 heavy (non-hydrogen) atoms. The highest BCUT2D eigenvalue weighted by molar-refractivity contribution is 7.90. The Morgan fingerprint density at radius 2 is 1.86 bits per heavy atom. The van der Waals surface area contributed by atoms with Crippen molar-refractivity contribution in [2.24, 2.45) is 0 Å². The number of sulfonamides is 2. The number of hydrogen-bond acceptors (Lipinski definition) is 6. The number of pyridine rings is 1. The lowest BCUT2D eigenvalue weighted by atomic mass is 10.4. The Labute approximate surface area is 125 Å². The molecule has 120 valence electrons. The standard InChI is InChI=1S/C11H20N4O4S2/c1-3-6-13-11-5-4-10(9-14-11)21(18,19)15-7-8-20(16,17)12-2/h4-5,9,12,15H,3,6-8H2,1-2H3,(H,13,14). The largest absolute Gasteiger partial charge is 0.370 e. The number of aromatic nitrogens is 1. The second-order valence-corrected chi connectivity index (χ2v) is 8.04. The van der Waals surface area contributed by atoms with Gasteiger partial charge in [-0.3, -0.25) is 0 Å². The summed E-state index contributed by atoms with van der Waals surface area (Å²) in [6.07, 6.45) is 2.16. The smallest absolute Gasteiger partial charge is 0.242 e. The van der Waals surface area contributed by atoms with Gasteiger partial charge < -0.3 is 5.32 Å². The van der Waals surface area contributed by atoms with Crippen molar-refractivity contribution >= 4 is 25.9 Å². The molecule has 1 rings (SSSR count). The van der Waals surface area contributed by atoms with Crippen molar-refractivity contribution in [1.29, 1.82) is 0 Å². The minimum atomic E-state index is -3.76. The molecule has 1 heterocycles. The lowest BCUT2D eigenvalue weighted by Gasteiger charge is -2.08. The highest BCUT2D eigenvalue weighted by atomic mass is 32.2. The average Bonchev–Trinajstić information content (AvgIpc) is 2.45. The van der Waals surface area contributed by atoms with Gasteiger partial charge in [-0.05, 0) is 25.6 Å². The van der Waals surface area contributed by atoms with Crippen molar-refractivity contribution in [3.05, 3.63) is 18.3 Å². The maximum atomic E-state index is 11.9. The van der Waals surface area contributed by atoms with Crippen LogP contribution in [0.1, 0.15) is 13.3 Å². The molecule has 0 spiro atoms. The molecule has 0 saturated heterocycles. The van der Waals surface area contributed by atoms with E-state index in [2.05, 4.69) is 19.7 Å². The Bertz CT molecular complexity index is 641. The number of anilines is 1. The van der Waals surface area contributed by atoms with Crippen LogP contribution in [0.5, 0.6) is 0 Å². The van der Waals surface area contributed by atoms with Crippen molar-refractivity contribution in [2.75, 3.05) is 31.2 Å². The van der Waals surface area contributed by atoms with Crippen LogP contribution in [0, 0.1) is 0 Å². The van der Waals surface area contributed by atoms with E-state index in [9.17, 15) is 16.8 Å². The Balaban J connectivity index is 2.66. The molecular formula is C11H20N4O4S2. The Kier molecular flexibility index (Phi) is 6.52. The van der Waals surface area contributed by atoms with E-state index in [0.29, 0.717) is 5.82 Å². The van der Waals surface area contributed by atoms with E-state index in [1.807, 2.05) is 6.92 Å². The van der Waals surface area contributed by atoms with E-state index >= 15 is 0 Å². The molecule has 0 amide bonds. The van der Waals surface area contributed by atoms with Gasteiger partial charge in [0.05, 0.1) is 5.75 Å². The van der Waals surface area contributed by atoms with Crippen LogP contribution in [0.3, 0.4) is 0 Å². The summed E-state index contributed by atoms with van der Waals surface area (Å²) < 4.78 is 50.6. The molecule has 0 atom stereocenters. The van der Waals surface area contributed by atoms with Gasteiger partial charge in [0.25, 0.3) is 0 Å². The minimum Gasteiger partial charge on any atom is -0.370 e. The summed E-state index contributed by atoms with van der Waals surface area (Å²) in [6.45, 7) is 2.55. The lowest BCUT2D eigenvalue weighted by Crippen LogP contribution is -2.33. The van der Waals surface area contributed by atoms with Gasteiger partial charge in [-0.15, -0.1) is 0 Å². The van der Waals surface area contributed by atoms with Gasteiger partial charge in [0.2, 0.25) is 20.0 Å². The van der Waals surface area contributed by atoms with Crippen LogP contribution in [0.2, 0.25) is 0 Å². The van der Waals surface area contributed by atoms with Crippen molar-refractivity contribution < 1.29 is 16.8 Å². The Hall–Kier alpha value is -1.23. The van der Waals surface area contributed by atoms with Gasteiger partial charge in [0.15, 0.2) is 0 Å². The van der Waals surface area contributed by atoms with Gasteiger partial charge in [-0.25, -0.2) is 31.3 Å². The summed E-state index contributed by atoms with van der Waals surface area (Å²) in [7, 11) is -5.93. The molecule has 0 bridgehead atoms. The summed E-state index contributed by atoms with van der Waals surface area (Å²) in [5, 5.41) is 3.03. The van der Waals surface area contributed by atoms with Gasteiger partial charge in [-0.1, -0.05) is 6.92 Å². The molecule has 0 aliphatic heterocycles. The first-order valence-corrected chi connectivity index (χ1v) is 9.55. The number of nitrogens with one attached hydrogen (secondary N) is 3. The van der Waals surface area contributed by atoms with Crippen molar-refractivity contribution in [3.63, 3.8) is 0 Å². The monoisotopic (exact) mass is 336 g/mol. The molecule has 0 aliphatic rings. The Morgan fingerprint density at radius 3 is 2.38 bits per heavy atom. The van der Waals surface area contributed by atoms with Crippen LogP contribution in [0.15, 0.2) is 23.2 Å². The van der Waals surface area contributed by atoms with Gasteiger partial charge in [0.1, 0.15) is 10.7 Å². The number of hydrogen-bond donors (Lipinski definition) is 3. The number of rotatable bonds is 9. The molecule has 1 aromatic rings. The third-order valence-electron chi connectivity index (χ3n) is 2.58. The molecular weight excluding hydrogens is 316 g/mol. The second kappa shape index (κ2) is 7.69. The highest BCUT2D eigenvalue weighted by Crippen LogP contribution is 2.10. The molecule has 8 nitrogen and oxygen atoms in total. The zero-order valence-corrected chi connectivity index (χ0v) is 13.6. The normalized spacial score (nSPS) is 12.3.